The first kappa shape index (κ1) is 17.9. The Bertz CT molecular complexity index is 710. The smallest absolute Gasteiger partial charge is 0.206 e. The number of carbonyl (C=O) groups is 1. The summed E-state index contributed by atoms with van der Waals surface area (Å²) >= 11 is 2.96. The third kappa shape index (κ3) is 4.54. The lowest BCUT2D eigenvalue weighted by Crippen LogP contribution is -2.15. The maximum absolute atomic E-state index is 12.7. The third-order valence-electron chi connectivity index (χ3n) is 3.57. The van der Waals surface area contributed by atoms with Gasteiger partial charge in [0.05, 0.1) is 5.25 Å². The Morgan fingerprint density at radius 1 is 1.09 bits per heavy atom. The fourth-order valence-corrected chi connectivity index (χ4v) is 4.32. The first-order valence-electron chi connectivity index (χ1n) is 7.66. The number of ketones is 1. The monoisotopic (exact) mass is 349 g/mol. The minimum absolute atomic E-state index is 0.143. The molecule has 2 aromatic rings. The van der Waals surface area contributed by atoms with E-state index >= 15 is 0 Å². The van der Waals surface area contributed by atoms with Crippen LogP contribution in [-0.4, -0.2) is 27.3 Å². The third-order valence-corrected chi connectivity index (χ3v) is 5.61. The van der Waals surface area contributed by atoms with Crippen LogP contribution < -0.4 is 5.32 Å². The lowest BCUT2D eigenvalue weighted by Gasteiger charge is -2.12. The van der Waals surface area contributed by atoms with Gasteiger partial charge in [0.1, 0.15) is 0 Å². The van der Waals surface area contributed by atoms with Crippen LogP contribution in [0.15, 0.2) is 16.5 Å². The van der Waals surface area contributed by atoms with E-state index < -0.39 is 0 Å². The molecule has 6 heteroatoms. The van der Waals surface area contributed by atoms with Crippen LogP contribution in [-0.2, 0) is 0 Å². The van der Waals surface area contributed by atoms with Gasteiger partial charge in [0.25, 0.3) is 0 Å². The van der Waals surface area contributed by atoms with Crippen molar-refractivity contribution in [2.75, 3.05) is 5.32 Å². The lowest BCUT2D eigenvalue weighted by molar-refractivity contribution is 0.0993. The molecule has 0 saturated carbocycles. The molecule has 0 aliphatic carbocycles. The number of carbonyl (C=O) groups excluding carboxylic acids is 1. The quantitative estimate of drug-likeness (QED) is 0.608. The molecule has 1 aromatic carbocycles. The summed E-state index contributed by atoms with van der Waals surface area (Å²) in [5, 5.41) is 12.1. The zero-order valence-corrected chi connectivity index (χ0v) is 16.1. The zero-order chi connectivity index (χ0) is 17.1. The highest BCUT2D eigenvalue weighted by atomic mass is 32.2. The van der Waals surface area contributed by atoms with Crippen LogP contribution >= 0.6 is 23.1 Å². The van der Waals surface area contributed by atoms with Gasteiger partial charge in [-0.1, -0.05) is 29.2 Å². The fraction of sp³-hybridized carbons (Fsp3) is 0.471. The molecule has 0 aliphatic heterocycles. The van der Waals surface area contributed by atoms with E-state index in [1.54, 1.807) is 0 Å². The van der Waals surface area contributed by atoms with Gasteiger partial charge in [0, 0.05) is 11.6 Å². The molecular formula is C17H23N3OS2. The van der Waals surface area contributed by atoms with Crippen molar-refractivity contribution in [1.29, 1.82) is 0 Å². The lowest BCUT2D eigenvalue weighted by atomic mass is 9.97. The summed E-state index contributed by atoms with van der Waals surface area (Å²) in [5.74, 6) is 0.143. The maximum atomic E-state index is 12.7. The summed E-state index contributed by atoms with van der Waals surface area (Å²) in [4.78, 5) is 12.7. The van der Waals surface area contributed by atoms with Crippen molar-refractivity contribution in [2.45, 2.75) is 57.2 Å². The molecule has 1 aromatic heterocycles. The van der Waals surface area contributed by atoms with Gasteiger partial charge in [-0.2, -0.15) is 0 Å². The molecule has 1 N–H and O–H groups in total. The van der Waals surface area contributed by atoms with Crippen molar-refractivity contribution in [3.8, 4) is 0 Å². The van der Waals surface area contributed by atoms with Crippen molar-refractivity contribution >= 4 is 34.0 Å². The Balaban J connectivity index is 2.11. The van der Waals surface area contributed by atoms with Crippen molar-refractivity contribution in [3.63, 3.8) is 0 Å². The minimum atomic E-state index is -0.185. The summed E-state index contributed by atoms with van der Waals surface area (Å²) in [6.45, 7) is 12.1. The van der Waals surface area contributed by atoms with E-state index in [-0.39, 0.29) is 11.0 Å². The Morgan fingerprint density at radius 3 is 2.39 bits per heavy atom. The van der Waals surface area contributed by atoms with Crippen LogP contribution in [0.2, 0.25) is 0 Å². The minimum Gasteiger partial charge on any atom is -0.358 e. The average molecular weight is 350 g/mol. The number of rotatable bonds is 6. The van der Waals surface area contributed by atoms with Crippen molar-refractivity contribution in [2.24, 2.45) is 0 Å². The molecule has 0 aliphatic rings. The van der Waals surface area contributed by atoms with Gasteiger partial charge in [0.15, 0.2) is 10.1 Å². The van der Waals surface area contributed by atoms with Gasteiger partial charge in [0.2, 0.25) is 5.13 Å². The molecule has 1 heterocycles. The number of aromatic nitrogens is 2. The molecule has 0 fully saturated rings. The summed E-state index contributed by atoms with van der Waals surface area (Å²) in [7, 11) is 0. The normalized spacial score (nSPS) is 12.5. The second kappa shape index (κ2) is 7.45. The number of thioether (sulfide) groups is 1. The first-order chi connectivity index (χ1) is 10.8. The van der Waals surface area contributed by atoms with Crippen LogP contribution in [0, 0.1) is 20.8 Å². The van der Waals surface area contributed by atoms with E-state index in [1.165, 1.54) is 28.7 Å². The van der Waals surface area contributed by atoms with Crippen LogP contribution in [0.3, 0.4) is 0 Å². The van der Waals surface area contributed by atoms with E-state index in [9.17, 15) is 4.79 Å². The molecule has 2 rings (SSSR count). The maximum Gasteiger partial charge on any atom is 0.206 e. The molecule has 0 saturated heterocycles. The standard InChI is InChI=1S/C17H23N3OS2/c1-9(2)18-16-19-20-17(23-16)22-13(6)15(21)14-8-11(4)10(3)7-12(14)5/h7-9,13H,1-6H3,(H,18,19). The number of aryl methyl sites for hydroxylation is 3. The molecule has 1 atom stereocenters. The van der Waals surface area contributed by atoms with Crippen LogP contribution in [0.4, 0.5) is 5.13 Å². The Hall–Kier alpha value is -1.40. The van der Waals surface area contributed by atoms with E-state index in [4.69, 9.17) is 0 Å². The van der Waals surface area contributed by atoms with E-state index in [1.807, 2.05) is 26.8 Å². The molecule has 0 spiro atoms. The molecule has 0 amide bonds. The number of hydrogen-bond donors (Lipinski definition) is 1. The van der Waals surface area contributed by atoms with Crippen molar-refractivity contribution in [3.05, 3.63) is 34.4 Å². The topological polar surface area (TPSA) is 54.9 Å². The van der Waals surface area contributed by atoms with Crippen LogP contribution in [0.25, 0.3) is 0 Å². The van der Waals surface area contributed by atoms with Crippen molar-refractivity contribution < 1.29 is 4.79 Å². The molecule has 4 nitrogen and oxygen atoms in total. The number of Topliss-reactive ketones (excluding diaryl/α,β-unsaturated/α-hetero) is 1. The molecule has 1 unspecified atom stereocenters. The Kier molecular flexibility index (Phi) is 5.81. The van der Waals surface area contributed by atoms with E-state index in [2.05, 4.69) is 42.4 Å². The molecular weight excluding hydrogens is 326 g/mol. The van der Waals surface area contributed by atoms with Crippen LogP contribution in [0.5, 0.6) is 0 Å². The van der Waals surface area contributed by atoms with Gasteiger partial charge in [-0.15, -0.1) is 10.2 Å². The van der Waals surface area contributed by atoms with E-state index in [0.717, 1.165) is 26.2 Å². The predicted octanol–water partition coefficient (Wildman–Crippen LogP) is 4.65. The molecule has 124 valence electrons. The molecule has 0 bridgehead atoms. The van der Waals surface area contributed by atoms with Gasteiger partial charge >= 0.3 is 0 Å². The number of anilines is 1. The van der Waals surface area contributed by atoms with Gasteiger partial charge in [-0.3, -0.25) is 4.79 Å². The fourth-order valence-electron chi connectivity index (χ4n) is 2.21. The highest BCUT2D eigenvalue weighted by Crippen LogP contribution is 2.31. The second-order valence-electron chi connectivity index (χ2n) is 6.05. The first-order valence-corrected chi connectivity index (χ1v) is 9.36. The number of hydrogen-bond acceptors (Lipinski definition) is 6. The largest absolute Gasteiger partial charge is 0.358 e. The van der Waals surface area contributed by atoms with Crippen molar-refractivity contribution in [1.82, 2.24) is 10.2 Å². The summed E-state index contributed by atoms with van der Waals surface area (Å²) in [5.41, 5.74) is 4.20. The number of nitrogens with one attached hydrogen (secondary N) is 1. The van der Waals surface area contributed by atoms with Gasteiger partial charge in [-0.25, -0.2) is 0 Å². The second-order valence-corrected chi connectivity index (χ2v) is 8.61. The Labute approximate surface area is 146 Å². The predicted molar refractivity (Wildman–Crippen MR) is 99.0 cm³/mol. The highest BCUT2D eigenvalue weighted by Gasteiger charge is 2.21. The zero-order valence-electron chi connectivity index (χ0n) is 14.4. The summed E-state index contributed by atoms with van der Waals surface area (Å²) in [6, 6.07) is 4.39. The van der Waals surface area contributed by atoms with E-state index in [0.29, 0.717) is 6.04 Å². The average Bonchev–Trinajstić information content (AvgIpc) is 2.88. The number of nitrogens with zero attached hydrogens (tertiary/aromatic N) is 2. The summed E-state index contributed by atoms with van der Waals surface area (Å²) in [6.07, 6.45) is 0. The highest BCUT2D eigenvalue weighted by molar-refractivity contribution is 8.02. The Morgan fingerprint density at radius 2 is 1.74 bits per heavy atom. The van der Waals surface area contributed by atoms with Gasteiger partial charge in [-0.05, 0) is 64.3 Å². The SMILES string of the molecule is Cc1cc(C)c(C(=O)C(C)Sc2nnc(NC(C)C)s2)cc1C. The molecule has 23 heavy (non-hydrogen) atoms. The molecule has 0 radical (unpaired) electrons. The summed E-state index contributed by atoms with van der Waals surface area (Å²) < 4.78 is 0.815. The number of benzene rings is 1. The van der Waals surface area contributed by atoms with Gasteiger partial charge < -0.3 is 5.32 Å². The van der Waals surface area contributed by atoms with Crippen LogP contribution in [0.1, 0.15) is 47.8 Å².